The molecule has 0 radical (unpaired) electrons. The molecule has 0 saturated carbocycles. The predicted octanol–water partition coefficient (Wildman–Crippen LogP) is 1.75. The molecule has 0 bridgehead atoms. The van der Waals surface area contributed by atoms with Gasteiger partial charge in [-0.3, -0.25) is 9.79 Å². The maximum atomic E-state index is 12.0. The van der Waals surface area contributed by atoms with Crippen LogP contribution in [-0.4, -0.2) is 67.9 Å². The fourth-order valence-electron chi connectivity index (χ4n) is 2.68. The number of carbonyl (C=O) groups excluding carboxylic acids is 2. The quantitative estimate of drug-likeness (QED) is 0.320. The van der Waals surface area contributed by atoms with E-state index < -0.39 is 11.7 Å². The SMILES string of the molecule is CCNC(=NCCNC(=O)OC(C)(C)C)N1CCCC(C(=O)OCC)C1. The number of rotatable bonds is 6. The summed E-state index contributed by atoms with van der Waals surface area (Å²) in [5, 5.41) is 5.94. The molecular weight excluding hydrogens is 336 g/mol. The molecule has 8 nitrogen and oxygen atoms in total. The van der Waals surface area contributed by atoms with Crippen LogP contribution in [0.2, 0.25) is 0 Å². The Hall–Kier alpha value is -1.99. The Labute approximate surface area is 156 Å². The number of piperidine rings is 1. The Morgan fingerprint density at radius 1 is 1.23 bits per heavy atom. The van der Waals surface area contributed by atoms with Gasteiger partial charge in [-0.15, -0.1) is 0 Å². The lowest BCUT2D eigenvalue weighted by Gasteiger charge is -2.34. The van der Waals surface area contributed by atoms with E-state index in [0.29, 0.717) is 26.2 Å². The molecule has 150 valence electrons. The lowest BCUT2D eigenvalue weighted by atomic mass is 9.98. The number of aliphatic imine (C=N–C) groups is 1. The van der Waals surface area contributed by atoms with E-state index in [0.717, 1.165) is 31.9 Å². The minimum atomic E-state index is -0.516. The van der Waals surface area contributed by atoms with Gasteiger partial charge in [-0.05, 0) is 47.5 Å². The van der Waals surface area contributed by atoms with E-state index in [4.69, 9.17) is 9.47 Å². The topological polar surface area (TPSA) is 92.3 Å². The normalized spacial score (nSPS) is 18.3. The molecule has 1 aliphatic rings. The lowest BCUT2D eigenvalue weighted by Crippen LogP contribution is -2.48. The van der Waals surface area contributed by atoms with Gasteiger partial charge >= 0.3 is 12.1 Å². The Morgan fingerprint density at radius 2 is 1.96 bits per heavy atom. The van der Waals surface area contributed by atoms with E-state index in [-0.39, 0.29) is 11.9 Å². The first-order valence-electron chi connectivity index (χ1n) is 9.43. The van der Waals surface area contributed by atoms with Crippen LogP contribution in [0.25, 0.3) is 0 Å². The molecule has 0 aliphatic carbocycles. The van der Waals surface area contributed by atoms with Crippen LogP contribution in [0.1, 0.15) is 47.5 Å². The summed E-state index contributed by atoms with van der Waals surface area (Å²) in [6, 6.07) is 0. The summed E-state index contributed by atoms with van der Waals surface area (Å²) < 4.78 is 10.3. The average Bonchev–Trinajstić information content (AvgIpc) is 2.56. The van der Waals surface area contributed by atoms with Gasteiger partial charge in [0.15, 0.2) is 5.96 Å². The molecular formula is C18H34N4O4. The highest BCUT2D eigenvalue weighted by molar-refractivity contribution is 5.81. The minimum Gasteiger partial charge on any atom is -0.466 e. The number of nitrogens with one attached hydrogen (secondary N) is 2. The highest BCUT2D eigenvalue weighted by Gasteiger charge is 2.28. The van der Waals surface area contributed by atoms with Crippen molar-refractivity contribution in [2.45, 2.75) is 53.1 Å². The predicted molar refractivity (Wildman–Crippen MR) is 101 cm³/mol. The molecule has 2 N–H and O–H groups in total. The third kappa shape index (κ3) is 8.40. The maximum Gasteiger partial charge on any atom is 0.407 e. The summed E-state index contributed by atoms with van der Waals surface area (Å²) in [7, 11) is 0. The monoisotopic (exact) mass is 370 g/mol. The average molecular weight is 370 g/mol. The summed E-state index contributed by atoms with van der Waals surface area (Å²) >= 11 is 0. The molecule has 1 amide bonds. The fourth-order valence-corrected chi connectivity index (χ4v) is 2.68. The highest BCUT2D eigenvalue weighted by atomic mass is 16.6. The number of ether oxygens (including phenoxy) is 2. The summed E-state index contributed by atoms with van der Waals surface area (Å²) in [6.07, 6.45) is 1.32. The van der Waals surface area contributed by atoms with Gasteiger partial charge in [0.25, 0.3) is 0 Å². The number of alkyl carbamates (subject to hydrolysis) is 1. The number of carbonyl (C=O) groups is 2. The van der Waals surface area contributed by atoms with Crippen molar-refractivity contribution >= 4 is 18.0 Å². The van der Waals surface area contributed by atoms with Crippen molar-refractivity contribution in [3.63, 3.8) is 0 Å². The van der Waals surface area contributed by atoms with Crippen LogP contribution >= 0.6 is 0 Å². The Bertz CT molecular complexity index is 488. The Kier molecular flexibility index (Phi) is 9.23. The minimum absolute atomic E-state index is 0.118. The first kappa shape index (κ1) is 22.1. The second-order valence-electron chi connectivity index (χ2n) is 7.20. The number of hydrogen-bond acceptors (Lipinski definition) is 5. The molecule has 1 unspecified atom stereocenters. The van der Waals surface area contributed by atoms with E-state index in [1.807, 2.05) is 34.6 Å². The van der Waals surface area contributed by atoms with E-state index in [1.54, 1.807) is 0 Å². The van der Waals surface area contributed by atoms with Crippen LogP contribution in [0.5, 0.6) is 0 Å². The molecule has 0 spiro atoms. The maximum absolute atomic E-state index is 12.0. The van der Waals surface area contributed by atoms with E-state index in [2.05, 4.69) is 20.5 Å². The molecule has 1 saturated heterocycles. The molecule has 1 rings (SSSR count). The van der Waals surface area contributed by atoms with Gasteiger partial charge in [0.05, 0.1) is 19.1 Å². The molecule has 1 fully saturated rings. The Balaban J connectivity index is 2.54. The number of guanidine groups is 1. The highest BCUT2D eigenvalue weighted by Crippen LogP contribution is 2.18. The van der Waals surface area contributed by atoms with Crippen molar-refractivity contribution in [2.24, 2.45) is 10.9 Å². The van der Waals surface area contributed by atoms with Gasteiger partial charge in [0.2, 0.25) is 0 Å². The van der Waals surface area contributed by atoms with Gasteiger partial charge < -0.3 is 25.0 Å². The summed E-state index contributed by atoms with van der Waals surface area (Å²) in [4.78, 5) is 30.3. The Morgan fingerprint density at radius 3 is 2.58 bits per heavy atom. The van der Waals surface area contributed by atoms with E-state index in [9.17, 15) is 9.59 Å². The van der Waals surface area contributed by atoms with Crippen molar-refractivity contribution in [2.75, 3.05) is 39.3 Å². The molecule has 1 atom stereocenters. The largest absolute Gasteiger partial charge is 0.466 e. The molecule has 0 aromatic carbocycles. The molecule has 1 aliphatic heterocycles. The van der Waals surface area contributed by atoms with Gasteiger partial charge in [-0.1, -0.05) is 0 Å². The second-order valence-corrected chi connectivity index (χ2v) is 7.20. The van der Waals surface area contributed by atoms with E-state index >= 15 is 0 Å². The molecule has 8 heteroatoms. The van der Waals surface area contributed by atoms with Crippen molar-refractivity contribution in [1.82, 2.24) is 15.5 Å². The van der Waals surface area contributed by atoms with Crippen molar-refractivity contribution in [3.05, 3.63) is 0 Å². The third-order valence-corrected chi connectivity index (χ3v) is 3.72. The van der Waals surface area contributed by atoms with Crippen molar-refractivity contribution in [1.29, 1.82) is 0 Å². The first-order chi connectivity index (χ1) is 12.3. The lowest BCUT2D eigenvalue weighted by molar-refractivity contribution is -0.149. The third-order valence-electron chi connectivity index (χ3n) is 3.72. The summed E-state index contributed by atoms with van der Waals surface area (Å²) in [6.45, 7) is 12.7. The van der Waals surface area contributed by atoms with Crippen molar-refractivity contribution in [3.8, 4) is 0 Å². The molecule has 26 heavy (non-hydrogen) atoms. The molecule has 0 aromatic rings. The standard InChI is InChI=1S/C18H34N4O4/c1-6-19-16(20-10-11-21-17(24)26-18(3,4)5)22-12-8-9-14(13-22)15(23)25-7-2/h14H,6-13H2,1-5H3,(H,19,20)(H,21,24). The van der Waals surface area contributed by atoms with Crippen LogP contribution in [-0.2, 0) is 14.3 Å². The number of hydrogen-bond donors (Lipinski definition) is 2. The van der Waals surface area contributed by atoms with Crippen LogP contribution < -0.4 is 10.6 Å². The fraction of sp³-hybridized carbons (Fsp3) is 0.833. The van der Waals surface area contributed by atoms with Crippen LogP contribution in [0.15, 0.2) is 4.99 Å². The summed E-state index contributed by atoms with van der Waals surface area (Å²) in [5.74, 6) is 0.500. The van der Waals surface area contributed by atoms with Gasteiger partial charge in [0.1, 0.15) is 5.60 Å². The van der Waals surface area contributed by atoms with Gasteiger partial charge in [-0.25, -0.2) is 4.79 Å². The first-order valence-corrected chi connectivity index (χ1v) is 9.43. The zero-order valence-corrected chi connectivity index (χ0v) is 16.8. The number of amides is 1. The van der Waals surface area contributed by atoms with Crippen LogP contribution in [0.3, 0.4) is 0 Å². The number of nitrogens with zero attached hydrogens (tertiary/aromatic N) is 2. The van der Waals surface area contributed by atoms with Crippen molar-refractivity contribution < 1.29 is 19.1 Å². The smallest absolute Gasteiger partial charge is 0.407 e. The van der Waals surface area contributed by atoms with Crippen LogP contribution in [0.4, 0.5) is 4.79 Å². The van der Waals surface area contributed by atoms with Gasteiger partial charge in [0, 0.05) is 26.2 Å². The van der Waals surface area contributed by atoms with Gasteiger partial charge in [-0.2, -0.15) is 0 Å². The molecule has 0 aromatic heterocycles. The zero-order chi connectivity index (χ0) is 19.6. The molecule has 1 heterocycles. The van der Waals surface area contributed by atoms with Crippen LogP contribution in [0, 0.1) is 5.92 Å². The summed E-state index contributed by atoms with van der Waals surface area (Å²) in [5.41, 5.74) is -0.516. The van der Waals surface area contributed by atoms with E-state index in [1.165, 1.54) is 0 Å². The zero-order valence-electron chi connectivity index (χ0n) is 16.8. The number of likely N-dealkylation sites (tertiary alicyclic amines) is 1. The second kappa shape index (κ2) is 10.9. The number of esters is 1.